The van der Waals surface area contributed by atoms with Crippen molar-refractivity contribution in [1.82, 2.24) is 9.78 Å². The van der Waals surface area contributed by atoms with E-state index < -0.39 is 0 Å². The number of benzene rings is 1. The van der Waals surface area contributed by atoms with Crippen LogP contribution in [0.15, 0.2) is 41.6 Å². The van der Waals surface area contributed by atoms with Gasteiger partial charge in [0.15, 0.2) is 0 Å². The van der Waals surface area contributed by atoms with Gasteiger partial charge in [0.2, 0.25) is 0 Å². The van der Waals surface area contributed by atoms with Crippen molar-refractivity contribution < 1.29 is 4.39 Å². The number of halogens is 1. The Kier molecular flexibility index (Phi) is 2.54. The molecule has 0 radical (unpaired) electrons. The molecule has 2 aromatic rings. The minimum atomic E-state index is -0.217. The number of hydrogen-bond acceptors (Lipinski definition) is 2. The van der Waals surface area contributed by atoms with Crippen LogP contribution in [0.5, 0.6) is 0 Å². The van der Waals surface area contributed by atoms with Crippen molar-refractivity contribution in [3.63, 3.8) is 0 Å². The second kappa shape index (κ2) is 3.84. The summed E-state index contributed by atoms with van der Waals surface area (Å²) in [6, 6.07) is 6.53. The summed E-state index contributed by atoms with van der Waals surface area (Å²) in [5.41, 5.74) is 0.906. The van der Waals surface area contributed by atoms with Crippen LogP contribution in [0, 0.1) is 5.82 Å². The van der Waals surface area contributed by atoms with Crippen LogP contribution in [0.3, 0.4) is 0 Å². The van der Waals surface area contributed by atoms with Crippen LogP contribution in [0.2, 0.25) is 0 Å². The number of hydrogen-bond donors (Lipinski definition) is 0. The first-order valence-electron chi connectivity index (χ1n) is 4.15. The minimum absolute atomic E-state index is 0.217. The molecule has 0 saturated heterocycles. The fourth-order valence-electron chi connectivity index (χ4n) is 1.25. The highest BCUT2D eigenvalue weighted by Gasteiger charge is 2.04. The lowest BCUT2D eigenvalue weighted by molar-refractivity contribution is 0.622. The summed E-state index contributed by atoms with van der Waals surface area (Å²) < 4.78 is 14.7. The Morgan fingerprint density at radius 1 is 1.43 bits per heavy atom. The molecule has 72 valence electrons. The standard InChI is InChI=1S/C10H9FN2S/c1-14-10-7-8(11)3-4-9(10)13-6-2-5-12-13/h2-7H,1H3. The Morgan fingerprint density at radius 3 is 2.93 bits per heavy atom. The molecule has 2 nitrogen and oxygen atoms in total. The topological polar surface area (TPSA) is 17.8 Å². The Hall–Kier alpha value is -1.29. The maximum absolute atomic E-state index is 12.9. The van der Waals surface area contributed by atoms with Gasteiger partial charge in [-0.05, 0) is 30.5 Å². The van der Waals surface area contributed by atoms with Gasteiger partial charge in [-0.1, -0.05) is 0 Å². The van der Waals surface area contributed by atoms with Gasteiger partial charge in [0.25, 0.3) is 0 Å². The molecule has 1 aromatic carbocycles. The van der Waals surface area contributed by atoms with Crippen molar-refractivity contribution >= 4 is 11.8 Å². The maximum Gasteiger partial charge on any atom is 0.124 e. The third-order valence-corrected chi connectivity index (χ3v) is 2.66. The predicted molar refractivity (Wildman–Crippen MR) is 55.3 cm³/mol. The summed E-state index contributed by atoms with van der Waals surface area (Å²) >= 11 is 1.51. The number of nitrogens with zero attached hydrogens (tertiary/aromatic N) is 2. The normalized spacial score (nSPS) is 10.4. The van der Waals surface area contributed by atoms with E-state index in [-0.39, 0.29) is 5.82 Å². The summed E-state index contributed by atoms with van der Waals surface area (Å²) in [5, 5.41) is 4.11. The molecular formula is C10H9FN2S. The van der Waals surface area contributed by atoms with E-state index in [1.54, 1.807) is 16.9 Å². The van der Waals surface area contributed by atoms with E-state index >= 15 is 0 Å². The first kappa shape index (κ1) is 9.27. The average Bonchev–Trinajstić information content (AvgIpc) is 2.70. The lowest BCUT2D eigenvalue weighted by Crippen LogP contribution is -1.96. The molecular weight excluding hydrogens is 199 g/mol. The monoisotopic (exact) mass is 208 g/mol. The highest BCUT2D eigenvalue weighted by Crippen LogP contribution is 2.24. The average molecular weight is 208 g/mol. The third kappa shape index (κ3) is 1.65. The van der Waals surface area contributed by atoms with Crippen molar-refractivity contribution in [3.05, 3.63) is 42.5 Å². The molecule has 1 heterocycles. The summed E-state index contributed by atoms with van der Waals surface area (Å²) in [6.45, 7) is 0. The zero-order valence-electron chi connectivity index (χ0n) is 7.64. The van der Waals surface area contributed by atoms with Crippen LogP contribution in [0.4, 0.5) is 4.39 Å². The first-order chi connectivity index (χ1) is 6.81. The lowest BCUT2D eigenvalue weighted by atomic mass is 10.3. The molecule has 0 amide bonds. The quantitative estimate of drug-likeness (QED) is 0.706. The molecule has 0 spiro atoms. The number of thioether (sulfide) groups is 1. The maximum atomic E-state index is 12.9. The fraction of sp³-hybridized carbons (Fsp3) is 0.100. The molecule has 0 N–H and O–H groups in total. The number of rotatable bonds is 2. The molecule has 0 aliphatic rings. The second-order valence-electron chi connectivity index (χ2n) is 2.77. The van der Waals surface area contributed by atoms with E-state index in [1.165, 1.54) is 23.9 Å². The molecule has 0 unspecified atom stereocenters. The SMILES string of the molecule is CSc1cc(F)ccc1-n1cccn1. The molecule has 1 aromatic heterocycles. The van der Waals surface area contributed by atoms with Crippen LogP contribution in [0.1, 0.15) is 0 Å². The Balaban J connectivity index is 2.53. The third-order valence-electron chi connectivity index (χ3n) is 1.89. The van der Waals surface area contributed by atoms with Gasteiger partial charge in [-0.2, -0.15) is 5.10 Å². The van der Waals surface area contributed by atoms with Crippen LogP contribution in [0.25, 0.3) is 5.69 Å². The summed E-state index contributed by atoms with van der Waals surface area (Å²) in [7, 11) is 0. The van der Waals surface area contributed by atoms with Gasteiger partial charge in [-0.15, -0.1) is 11.8 Å². The van der Waals surface area contributed by atoms with E-state index in [2.05, 4.69) is 5.10 Å². The van der Waals surface area contributed by atoms with Crippen LogP contribution in [-0.2, 0) is 0 Å². The Bertz CT molecular complexity index is 426. The highest BCUT2D eigenvalue weighted by atomic mass is 32.2. The Morgan fingerprint density at radius 2 is 2.29 bits per heavy atom. The number of aromatic nitrogens is 2. The molecule has 0 saturated carbocycles. The van der Waals surface area contributed by atoms with Crippen molar-refractivity contribution in [1.29, 1.82) is 0 Å². The molecule has 2 rings (SSSR count). The summed E-state index contributed by atoms with van der Waals surface area (Å²) in [4.78, 5) is 0.883. The molecule has 0 bridgehead atoms. The fourth-order valence-corrected chi connectivity index (χ4v) is 1.85. The Labute approximate surface area is 85.7 Å². The molecule has 0 atom stereocenters. The smallest absolute Gasteiger partial charge is 0.124 e. The van der Waals surface area contributed by atoms with E-state index in [0.29, 0.717) is 0 Å². The molecule has 14 heavy (non-hydrogen) atoms. The van der Waals surface area contributed by atoms with Crippen LogP contribution >= 0.6 is 11.8 Å². The second-order valence-corrected chi connectivity index (χ2v) is 3.61. The van der Waals surface area contributed by atoms with Crippen molar-refractivity contribution in [2.75, 3.05) is 6.26 Å². The van der Waals surface area contributed by atoms with E-state index in [1.807, 2.05) is 18.5 Å². The van der Waals surface area contributed by atoms with Gasteiger partial charge in [-0.3, -0.25) is 0 Å². The zero-order chi connectivity index (χ0) is 9.97. The molecule has 0 fully saturated rings. The largest absolute Gasteiger partial charge is 0.240 e. The van der Waals surface area contributed by atoms with Gasteiger partial charge in [0, 0.05) is 17.3 Å². The summed E-state index contributed by atoms with van der Waals surface area (Å²) in [5.74, 6) is -0.217. The van der Waals surface area contributed by atoms with E-state index in [9.17, 15) is 4.39 Å². The van der Waals surface area contributed by atoms with E-state index in [4.69, 9.17) is 0 Å². The van der Waals surface area contributed by atoms with Crippen molar-refractivity contribution in [2.24, 2.45) is 0 Å². The van der Waals surface area contributed by atoms with Crippen molar-refractivity contribution in [3.8, 4) is 5.69 Å². The van der Waals surface area contributed by atoms with Crippen molar-refractivity contribution in [2.45, 2.75) is 4.90 Å². The summed E-state index contributed by atoms with van der Waals surface area (Å²) in [6.07, 6.45) is 5.46. The molecule has 4 heteroatoms. The van der Waals surface area contributed by atoms with Crippen LogP contribution in [-0.4, -0.2) is 16.0 Å². The highest BCUT2D eigenvalue weighted by molar-refractivity contribution is 7.98. The first-order valence-corrected chi connectivity index (χ1v) is 5.37. The van der Waals surface area contributed by atoms with Gasteiger partial charge < -0.3 is 0 Å². The minimum Gasteiger partial charge on any atom is -0.240 e. The predicted octanol–water partition coefficient (Wildman–Crippen LogP) is 2.73. The molecule has 0 aliphatic heterocycles. The van der Waals surface area contributed by atoms with Crippen LogP contribution < -0.4 is 0 Å². The lowest BCUT2D eigenvalue weighted by Gasteiger charge is -2.06. The van der Waals surface area contributed by atoms with Gasteiger partial charge in [0.05, 0.1) is 5.69 Å². The zero-order valence-corrected chi connectivity index (χ0v) is 8.46. The van der Waals surface area contributed by atoms with Gasteiger partial charge in [-0.25, -0.2) is 9.07 Å². The van der Waals surface area contributed by atoms with E-state index in [0.717, 1.165) is 10.6 Å². The van der Waals surface area contributed by atoms with Gasteiger partial charge in [0.1, 0.15) is 5.82 Å². The van der Waals surface area contributed by atoms with Gasteiger partial charge >= 0.3 is 0 Å². The molecule has 0 aliphatic carbocycles.